The summed E-state index contributed by atoms with van der Waals surface area (Å²) in [5, 5.41) is 12.9. The third-order valence-electron chi connectivity index (χ3n) is 4.45. The zero-order chi connectivity index (χ0) is 20.5. The lowest BCUT2D eigenvalue weighted by atomic mass is 10.1. The van der Waals surface area contributed by atoms with Gasteiger partial charge in [0.25, 0.3) is 5.91 Å². The maximum Gasteiger partial charge on any atom is 0.345 e. The SMILES string of the molecule is C=C(NNC(=O)c1cc2ccccc2cc1O)c1cc2cc(Cl)ccc2oc1=O. The molecule has 0 fully saturated rings. The maximum atomic E-state index is 12.5. The normalized spacial score (nSPS) is 10.8. The van der Waals surface area contributed by atoms with E-state index < -0.39 is 11.5 Å². The molecule has 3 aromatic carbocycles. The minimum atomic E-state index is -0.611. The van der Waals surface area contributed by atoms with Gasteiger partial charge in [-0.05, 0) is 47.2 Å². The van der Waals surface area contributed by atoms with Crippen LogP contribution in [0.4, 0.5) is 0 Å². The van der Waals surface area contributed by atoms with Gasteiger partial charge in [-0.3, -0.25) is 15.6 Å². The Hall–Kier alpha value is -3.77. The zero-order valence-corrected chi connectivity index (χ0v) is 15.8. The third-order valence-corrected chi connectivity index (χ3v) is 4.69. The van der Waals surface area contributed by atoms with Gasteiger partial charge in [0.1, 0.15) is 11.3 Å². The van der Waals surface area contributed by atoms with Crippen molar-refractivity contribution in [2.24, 2.45) is 0 Å². The Morgan fingerprint density at radius 3 is 2.38 bits per heavy atom. The lowest BCUT2D eigenvalue weighted by molar-refractivity contribution is 0.0940. The summed E-state index contributed by atoms with van der Waals surface area (Å²) in [6.45, 7) is 3.77. The predicted octanol–water partition coefficient (Wildman–Crippen LogP) is 4.21. The number of rotatable bonds is 4. The molecule has 1 heterocycles. The van der Waals surface area contributed by atoms with Crippen molar-refractivity contribution in [3.05, 3.63) is 93.8 Å². The van der Waals surface area contributed by atoms with Crippen LogP contribution in [0.3, 0.4) is 0 Å². The molecule has 0 aliphatic carbocycles. The second-order valence-corrected chi connectivity index (χ2v) is 6.84. The highest BCUT2D eigenvalue weighted by atomic mass is 35.5. The Morgan fingerprint density at radius 2 is 1.62 bits per heavy atom. The molecule has 0 saturated heterocycles. The third kappa shape index (κ3) is 3.66. The smallest absolute Gasteiger partial charge is 0.345 e. The molecule has 0 bridgehead atoms. The quantitative estimate of drug-likeness (QED) is 0.349. The van der Waals surface area contributed by atoms with Crippen LogP contribution in [0.25, 0.3) is 27.4 Å². The largest absolute Gasteiger partial charge is 0.507 e. The van der Waals surface area contributed by atoms with Crippen molar-refractivity contribution >= 4 is 44.9 Å². The number of aromatic hydroxyl groups is 1. The Kier molecular flexibility index (Phi) is 4.70. The van der Waals surface area contributed by atoms with Crippen molar-refractivity contribution in [1.82, 2.24) is 10.9 Å². The average molecular weight is 407 g/mol. The summed E-state index contributed by atoms with van der Waals surface area (Å²) in [6, 6.07) is 16.9. The van der Waals surface area contributed by atoms with Crippen LogP contribution >= 0.6 is 11.6 Å². The molecule has 1 aromatic heterocycles. The number of fused-ring (bicyclic) bond motifs is 2. The van der Waals surface area contributed by atoms with E-state index in [4.69, 9.17) is 16.0 Å². The van der Waals surface area contributed by atoms with Crippen molar-refractivity contribution in [3.8, 4) is 5.75 Å². The van der Waals surface area contributed by atoms with Crippen LogP contribution in [-0.2, 0) is 0 Å². The van der Waals surface area contributed by atoms with E-state index in [0.29, 0.717) is 16.0 Å². The molecular weight excluding hydrogens is 392 g/mol. The number of amides is 1. The molecule has 4 rings (SSSR count). The Balaban J connectivity index is 1.56. The molecule has 6 nitrogen and oxygen atoms in total. The van der Waals surface area contributed by atoms with Crippen LogP contribution in [0.5, 0.6) is 5.75 Å². The van der Waals surface area contributed by atoms with Gasteiger partial charge in [-0.2, -0.15) is 0 Å². The molecule has 0 aliphatic rings. The van der Waals surface area contributed by atoms with Gasteiger partial charge in [0.15, 0.2) is 0 Å². The topological polar surface area (TPSA) is 91.6 Å². The molecule has 0 saturated carbocycles. The molecule has 3 N–H and O–H groups in total. The molecule has 0 radical (unpaired) electrons. The van der Waals surface area contributed by atoms with Crippen LogP contribution in [0.2, 0.25) is 5.02 Å². The van der Waals surface area contributed by atoms with Gasteiger partial charge < -0.3 is 9.52 Å². The van der Waals surface area contributed by atoms with E-state index in [1.807, 2.05) is 24.3 Å². The van der Waals surface area contributed by atoms with Crippen molar-refractivity contribution in [1.29, 1.82) is 0 Å². The van der Waals surface area contributed by atoms with E-state index in [-0.39, 0.29) is 22.6 Å². The van der Waals surface area contributed by atoms with Gasteiger partial charge >= 0.3 is 5.63 Å². The average Bonchev–Trinajstić information content (AvgIpc) is 2.71. The molecule has 0 spiro atoms. The number of hydrazine groups is 1. The lowest BCUT2D eigenvalue weighted by Crippen LogP contribution is -2.36. The van der Waals surface area contributed by atoms with Gasteiger partial charge in [-0.15, -0.1) is 0 Å². The zero-order valence-electron chi connectivity index (χ0n) is 15.0. The number of carbonyl (C=O) groups excluding carboxylic acids is 1. The highest BCUT2D eigenvalue weighted by Gasteiger charge is 2.14. The fraction of sp³-hybridized carbons (Fsp3) is 0. The number of carbonyl (C=O) groups is 1. The molecule has 1 amide bonds. The second-order valence-electron chi connectivity index (χ2n) is 6.40. The van der Waals surface area contributed by atoms with E-state index in [9.17, 15) is 14.7 Å². The van der Waals surface area contributed by atoms with Crippen LogP contribution < -0.4 is 16.5 Å². The predicted molar refractivity (Wildman–Crippen MR) is 113 cm³/mol. The van der Waals surface area contributed by atoms with Gasteiger partial charge in [0.05, 0.1) is 16.8 Å². The van der Waals surface area contributed by atoms with Crippen LogP contribution in [-0.4, -0.2) is 11.0 Å². The molecule has 29 heavy (non-hydrogen) atoms. The maximum absolute atomic E-state index is 12.5. The molecule has 4 aromatic rings. The summed E-state index contributed by atoms with van der Waals surface area (Å²) >= 11 is 5.98. The van der Waals surface area contributed by atoms with E-state index in [1.165, 1.54) is 6.07 Å². The van der Waals surface area contributed by atoms with Crippen LogP contribution in [0.1, 0.15) is 15.9 Å². The lowest BCUT2D eigenvalue weighted by Gasteiger charge is -2.12. The first-order valence-electron chi connectivity index (χ1n) is 8.63. The van der Waals surface area contributed by atoms with Gasteiger partial charge in [0.2, 0.25) is 0 Å². The fourth-order valence-corrected chi connectivity index (χ4v) is 3.16. The first kappa shape index (κ1) is 18.6. The monoisotopic (exact) mass is 406 g/mol. The molecule has 0 aliphatic heterocycles. The summed E-state index contributed by atoms with van der Waals surface area (Å²) in [6.07, 6.45) is 0. The minimum absolute atomic E-state index is 0.0846. The first-order chi connectivity index (χ1) is 13.9. The Bertz CT molecular complexity index is 1340. The van der Waals surface area contributed by atoms with Gasteiger partial charge in [-0.25, -0.2) is 4.79 Å². The molecule has 7 heteroatoms. The Labute approximate surface area is 170 Å². The van der Waals surface area contributed by atoms with Gasteiger partial charge in [-0.1, -0.05) is 42.4 Å². The summed E-state index contributed by atoms with van der Waals surface area (Å²) < 4.78 is 5.26. The minimum Gasteiger partial charge on any atom is -0.507 e. The van der Waals surface area contributed by atoms with Crippen molar-refractivity contribution in [2.45, 2.75) is 0 Å². The summed E-state index contributed by atoms with van der Waals surface area (Å²) in [5.74, 6) is -0.740. The van der Waals surface area contributed by atoms with E-state index in [1.54, 1.807) is 30.3 Å². The van der Waals surface area contributed by atoms with Crippen molar-refractivity contribution in [3.63, 3.8) is 0 Å². The summed E-state index contributed by atoms with van der Waals surface area (Å²) in [7, 11) is 0. The number of phenols is 1. The number of hydrogen-bond donors (Lipinski definition) is 3. The first-order valence-corrected chi connectivity index (χ1v) is 9.01. The summed E-state index contributed by atoms with van der Waals surface area (Å²) in [4.78, 5) is 24.7. The second kappa shape index (κ2) is 7.33. The van der Waals surface area contributed by atoms with E-state index >= 15 is 0 Å². The highest BCUT2D eigenvalue weighted by Crippen LogP contribution is 2.25. The number of nitrogens with one attached hydrogen (secondary N) is 2. The number of halogens is 1. The molecule has 144 valence electrons. The molecule has 0 atom stereocenters. The number of hydrogen-bond acceptors (Lipinski definition) is 5. The molecular formula is C22H15ClN2O4. The fourth-order valence-electron chi connectivity index (χ4n) is 2.98. The van der Waals surface area contributed by atoms with E-state index in [2.05, 4.69) is 17.4 Å². The summed E-state index contributed by atoms with van der Waals surface area (Å²) in [5.41, 5.74) is 5.17. The number of phenolic OH excluding ortho intramolecular Hbond substituents is 1. The Morgan fingerprint density at radius 1 is 0.931 bits per heavy atom. The van der Waals surface area contributed by atoms with E-state index in [0.717, 1.165) is 10.8 Å². The van der Waals surface area contributed by atoms with Crippen LogP contribution in [0, 0.1) is 0 Å². The van der Waals surface area contributed by atoms with Crippen molar-refractivity contribution < 1.29 is 14.3 Å². The number of benzene rings is 3. The van der Waals surface area contributed by atoms with Crippen molar-refractivity contribution in [2.75, 3.05) is 0 Å². The van der Waals surface area contributed by atoms with Crippen LogP contribution in [0.15, 0.2) is 76.5 Å². The molecule has 0 unspecified atom stereocenters. The standard InChI is InChI=1S/C22H15ClN2O4/c1-12(17-10-15-8-16(23)6-7-20(15)29-22(17)28)24-25-21(27)18-9-13-4-2-3-5-14(13)11-19(18)26/h2-11,24,26H,1H2,(H,25,27). The highest BCUT2D eigenvalue weighted by molar-refractivity contribution is 6.31. The van der Waals surface area contributed by atoms with Gasteiger partial charge in [0, 0.05) is 10.4 Å².